The van der Waals surface area contributed by atoms with Gasteiger partial charge in [-0.2, -0.15) is 0 Å². The van der Waals surface area contributed by atoms with Crippen molar-refractivity contribution in [1.82, 2.24) is 14.9 Å². The number of carbonyl (C=O) groups excluding carboxylic acids is 1. The summed E-state index contributed by atoms with van der Waals surface area (Å²) >= 11 is 1.49. The summed E-state index contributed by atoms with van der Waals surface area (Å²) < 4.78 is -0.650. The number of nitrogens with zero attached hydrogens (tertiary/aromatic N) is 2. The average Bonchev–Trinajstić information content (AvgIpc) is 3.06. The maximum atomic E-state index is 12.6. The number of aromatic amines is 1. The number of carboxylic acid groups (broad SMARTS) is 1. The first kappa shape index (κ1) is 14.9. The molecule has 0 bridgehead atoms. The second kappa shape index (κ2) is 5.87. The molecule has 1 aliphatic rings. The number of H-pyrrole nitrogens is 1. The van der Waals surface area contributed by atoms with Gasteiger partial charge in [0.2, 0.25) is 5.91 Å². The highest BCUT2D eigenvalue weighted by atomic mass is 32.2. The molecule has 0 radical (unpaired) electrons. The van der Waals surface area contributed by atoms with Crippen molar-refractivity contribution < 1.29 is 14.7 Å². The van der Waals surface area contributed by atoms with Gasteiger partial charge in [-0.25, -0.2) is 9.78 Å². The third-order valence-electron chi connectivity index (χ3n) is 3.46. The minimum atomic E-state index is -0.912. The van der Waals surface area contributed by atoms with Crippen LogP contribution in [0.1, 0.15) is 32.4 Å². The predicted molar refractivity (Wildman–Crippen MR) is 76.3 cm³/mol. The first-order chi connectivity index (χ1) is 9.42. The highest BCUT2D eigenvalue weighted by Gasteiger charge is 2.40. The molecule has 0 aromatic carbocycles. The summed E-state index contributed by atoms with van der Waals surface area (Å²) in [6.07, 6.45) is 4.63. The van der Waals surface area contributed by atoms with E-state index in [9.17, 15) is 9.59 Å². The lowest BCUT2D eigenvalue weighted by Crippen LogP contribution is -2.48. The van der Waals surface area contributed by atoms with Gasteiger partial charge in [0.25, 0.3) is 0 Å². The Hall–Kier alpha value is -1.50. The Labute approximate surface area is 122 Å². The van der Waals surface area contributed by atoms with Gasteiger partial charge in [-0.15, -0.1) is 11.8 Å². The lowest BCUT2D eigenvalue weighted by Gasteiger charge is -2.31. The smallest absolute Gasteiger partial charge is 0.326 e. The molecule has 1 atom stereocenters. The molecule has 2 rings (SSSR count). The first-order valence-electron chi connectivity index (χ1n) is 6.57. The van der Waals surface area contributed by atoms with Gasteiger partial charge >= 0.3 is 5.97 Å². The van der Waals surface area contributed by atoms with Gasteiger partial charge in [-0.1, -0.05) is 0 Å². The van der Waals surface area contributed by atoms with Gasteiger partial charge < -0.3 is 15.0 Å². The molecule has 20 heavy (non-hydrogen) atoms. The van der Waals surface area contributed by atoms with Crippen LogP contribution >= 0.6 is 11.8 Å². The molecular weight excluding hydrogens is 278 g/mol. The summed E-state index contributed by atoms with van der Waals surface area (Å²) in [4.78, 5) is 32.2. The molecule has 1 aliphatic heterocycles. The molecule has 1 aromatic heterocycles. The Balaban J connectivity index is 2.00. The summed E-state index contributed by atoms with van der Waals surface area (Å²) in [6.45, 7) is 4.21. The van der Waals surface area contributed by atoms with Gasteiger partial charge in [0.05, 0.1) is 11.1 Å². The Morgan fingerprint density at radius 3 is 2.95 bits per heavy atom. The van der Waals surface area contributed by atoms with Crippen LogP contribution in [0.3, 0.4) is 0 Å². The molecular formula is C13H19N3O3S. The van der Waals surface area contributed by atoms with Gasteiger partial charge in [0, 0.05) is 24.2 Å². The average molecular weight is 297 g/mol. The third kappa shape index (κ3) is 3.15. The van der Waals surface area contributed by atoms with Crippen LogP contribution in [-0.2, 0) is 15.3 Å². The number of likely N-dealkylation sites (tertiary alicyclic amines) is 1. The lowest BCUT2D eigenvalue weighted by molar-refractivity contribution is -0.148. The van der Waals surface area contributed by atoms with E-state index in [0.717, 1.165) is 12.1 Å². The summed E-state index contributed by atoms with van der Waals surface area (Å²) in [5, 5.41) is 9.16. The van der Waals surface area contributed by atoms with E-state index in [4.69, 9.17) is 5.11 Å². The monoisotopic (exact) mass is 297 g/mol. The number of rotatable bonds is 5. The highest BCUT2D eigenvalue weighted by molar-refractivity contribution is 8.00. The van der Waals surface area contributed by atoms with Crippen LogP contribution < -0.4 is 0 Å². The van der Waals surface area contributed by atoms with Gasteiger partial charge in [0.15, 0.2) is 0 Å². The number of imidazole rings is 1. The SMILES string of the molecule is CC(C)(SCc1cnc[nH]1)C(=O)N1CCC[C@H]1C(=O)O. The van der Waals surface area contributed by atoms with Crippen LogP contribution in [-0.4, -0.2) is 49.2 Å². The minimum absolute atomic E-state index is 0.105. The largest absolute Gasteiger partial charge is 0.480 e. The van der Waals surface area contributed by atoms with Crippen molar-refractivity contribution in [3.8, 4) is 0 Å². The lowest BCUT2D eigenvalue weighted by atomic mass is 10.1. The molecule has 6 nitrogen and oxygen atoms in total. The fourth-order valence-electron chi connectivity index (χ4n) is 2.30. The summed E-state index contributed by atoms with van der Waals surface area (Å²) in [6, 6.07) is -0.672. The quantitative estimate of drug-likeness (QED) is 0.860. The van der Waals surface area contributed by atoms with Crippen LogP contribution in [0.2, 0.25) is 0 Å². The van der Waals surface area contributed by atoms with E-state index in [0.29, 0.717) is 18.7 Å². The number of thioether (sulfide) groups is 1. The molecule has 1 aromatic rings. The van der Waals surface area contributed by atoms with Crippen molar-refractivity contribution in [1.29, 1.82) is 0 Å². The Morgan fingerprint density at radius 1 is 1.60 bits per heavy atom. The molecule has 1 fully saturated rings. The first-order valence-corrected chi connectivity index (χ1v) is 7.55. The number of aliphatic carboxylic acids is 1. The fourth-order valence-corrected chi connectivity index (χ4v) is 3.21. The zero-order valence-corrected chi connectivity index (χ0v) is 12.4. The standard InChI is InChI=1S/C13H19N3O3S/c1-13(2,20-7-9-6-14-8-15-9)12(19)16-5-3-4-10(16)11(17)18/h6,8,10H,3-5,7H2,1-2H3,(H,14,15)(H,17,18)/t10-/m0/s1. The number of carboxylic acids is 1. The summed E-state index contributed by atoms with van der Waals surface area (Å²) in [5.74, 6) is -0.373. The molecule has 2 N–H and O–H groups in total. The van der Waals surface area contributed by atoms with E-state index >= 15 is 0 Å². The number of amides is 1. The van der Waals surface area contributed by atoms with E-state index in [2.05, 4.69) is 9.97 Å². The Bertz CT molecular complexity index is 487. The molecule has 7 heteroatoms. The van der Waals surface area contributed by atoms with Crippen molar-refractivity contribution in [2.24, 2.45) is 0 Å². The van der Waals surface area contributed by atoms with Crippen LogP contribution in [0.5, 0.6) is 0 Å². The summed E-state index contributed by atoms with van der Waals surface area (Å²) in [7, 11) is 0. The Morgan fingerprint density at radius 2 is 2.35 bits per heavy atom. The van der Waals surface area contributed by atoms with E-state index in [1.165, 1.54) is 16.7 Å². The second-order valence-corrected chi connectivity index (χ2v) is 6.97. The predicted octanol–water partition coefficient (Wildman–Crippen LogP) is 1.50. The Kier molecular flexibility index (Phi) is 4.37. The van der Waals surface area contributed by atoms with Gasteiger partial charge in [-0.05, 0) is 26.7 Å². The maximum absolute atomic E-state index is 12.6. The molecule has 0 aliphatic carbocycles. The van der Waals surface area contributed by atoms with E-state index < -0.39 is 16.8 Å². The van der Waals surface area contributed by atoms with Crippen molar-refractivity contribution in [3.05, 3.63) is 18.2 Å². The van der Waals surface area contributed by atoms with Crippen LogP contribution in [0.25, 0.3) is 0 Å². The fraction of sp³-hybridized carbons (Fsp3) is 0.615. The number of hydrogen-bond donors (Lipinski definition) is 2. The van der Waals surface area contributed by atoms with Gasteiger partial charge in [-0.3, -0.25) is 4.79 Å². The molecule has 1 amide bonds. The van der Waals surface area contributed by atoms with E-state index in [1.54, 1.807) is 12.5 Å². The number of hydrogen-bond acceptors (Lipinski definition) is 4. The van der Waals surface area contributed by atoms with Crippen molar-refractivity contribution >= 4 is 23.6 Å². The molecule has 0 unspecified atom stereocenters. The molecule has 0 saturated carbocycles. The maximum Gasteiger partial charge on any atom is 0.326 e. The van der Waals surface area contributed by atoms with Crippen LogP contribution in [0.15, 0.2) is 12.5 Å². The number of nitrogens with one attached hydrogen (secondary N) is 1. The second-order valence-electron chi connectivity index (χ2n) is 5.37. The molecule has 1 saturated heterocycles. The normalized spacial score (nSPS) is 19.3. The highest BCUT2D eigenvalue weighted by Crippen LogP contribution is 2.32. The third-order valence-corrected chi connectivity index (χ3v) is 4.81. The zero-order valence-electron chi connectivity index (χ0n) is 11.6. The number of carbonyl (C=O) groups is 2. The zero-order chi connectivity index (χ0) is 14.8. The van der Waals surface area contributed by atoms with Crippen molar-refractivity contribution in [2.45, 2.75) is 43.2 Å². The van der Waals surface area contributed by atoms with Crippen molar-refractivity contribution in [2.75, 3.05) is 6.54 Å². The molecule has 0 spiro atoms. The number of aromatic nitrogens is 2. The van der Waals surface area contributed by atoms with Gasteiger partial charge in [0.1, 0.15) is 6.04 Å². The van der Waals surface area contributed by atoms with Crippen LogP contribution in [0, 0.1) is 0 Å². The van der Waals surface area contributed by atoms with Crippen LogP contribution in [0.4, 0.5) is 0 Å². The molecule has 110 valence electrons. The summed E-state index contributed by atoms with van der Waals surface area (Å²) in [5.41, 5.74) is 0.951. The molecule has 2 heterocycles. The topological polar surface area (TPSA) is 86.3 Å². The van der Waals surface area contributed by atoms with E-state index in [-0.39, 0.29) is 5.91 Å². The van der Waals surface area contributed by atoms with Crippen molar-refractivity contribution in [3.63, 3.8) is 0 Å². The van der Waals surface area contributed by atoms with E-state index in [1.807, 2.05) is 13.8 Å². The minimum Gasteiger partial charge on any atom is -0.480 e.